The number of aromatic nitrogens is 6. The van der Waals surface area contributed by atoms with Gasteiger partial charge in [-0.15, -0.1) is 5.10 Å². The topological polar surface area (TPSA) is 87.4 Å². The molecule has 0 radical (unpaired) electrons. The summed E-state index contributed by atoms with van der Waals surface area (Å²) in [6.45, 7) is 1.17. The molecule has 0 atom stereocenters. The zero-order valence-corrected chi connectivity index (χ0v) is 22.6. The van der Waals surface area contributed by atoms with Gasteiger partial charge in [-0.1, -0.05) is 109 Å². The summed E-state index contributed by atoms with van der Waals surface area (Å²) in [7, 11) is 0. The van der Waals surface area contributed by atoms with E-state index in [4.69, 9.17) is 17.3 Å². The SMILES string of the molecule is NCCc1cncn1Cc1ccccc1-c1nnnn1C(c1ccccc1)(c1ccccc1)c1cccc(Cl)c1. The lowest BCUT2D eigenvalue weighted by molar-refractivity contribution is 0.451. The highest BCUT2D eigenvalue weighted by Gasteiger charge is 2.42. The minimum absolute atomic E-state index is 0.557. The molecule has 0 fully saturated rings. The highest BCUT2D eigenvalue weighted by molar-refractivity contribution is 6.30. The molecule has 0 aliphatic rings. The summed E-state index contributed by atoms with van der Waals surface area (Å²) in [5.74, 6) is 0.642. The van der Waals surface area contributed by atoms with E-state index in [2.05, 4.69) is 67.5 Å². The van der Waals surface area contributed by atoms with E-state index < -0.39 is 5.54 Å². The molecule has 0 aliphatic carbocycles. The third-order valence-corrected chi connectivity index (χ3v) is 7.45. The van der Waals surface area contributed by atoms with Crippen LogP contribution in [0.3, 0.4) is 0 Å². The maximum absolute atomic E-state index is 6.61. The summed E-state index contributed by atoms with van der Waals surface area (Å²) in [4.78, 5) is 4.36. The fourth-order valence-electron chi connectivity index (χ4n) is 5.43. The Morgan fingerprint density at radius 2 is 1.45 bits per heavy atom. The molecule has 0 bridgehead atoms. The van der Waals surface area contributed by atoms with E-state index in [1.54, 1.807) is 0 Å². The molecular weight excluding hydrogens is 518 g/mol. The maximum atomic E-state index is 6.61. The van der Waals surface area contributed by atoms with Gasteiger partial charge in [-0.2, -0.15) is 0 Å². The van der Waals surface area contributed by atoms with Gasteiger partial charge in [-0.3, -0.25) is 0 Å². The number of rotatable bonds is 9. The largest absolute Gasteiger partial charge is 0.330 e. The van der Waals surface area contributed by atoms with Gasteiger partial charge in [-0.05, 0) is 51.4 Å². The number of tetrazole rings is 1. The van der Waals surface area contributed by atoms with Crippen LogP contribution in [0.5, 0.6) is 0 Å². The molecular formula is C32H28ClN7. The van der Waals surface area contributed by atoms with Crippen molar-refractivity contribution in [2.45, 2.75) is 18.5 Å². The highest BCUT2D eigenvalue weighted by Crippen LogP contribution is 2.43. The number of hydrogen-bond acceptors (Lipinski definition) is 5. The molecule has 8 heteroatoms. The molecule has 4 aromatic carbocycles. The van der Waals surface area contributed by atoms with Crippen molar-refractivity contribution in [2.75, 3.05) is 6.54 Å². The summed E-state index contributed by atoms with van der Waals surface area (Å²) >= 11 is 6.61. The molecule has 2 N–H and O–H groups in total. The molecule has 7 nitrogen and oxygen atoms in total. The van der Waals surface area contributed by atoms with Crippen LogP contribution in [0.1, 0.15) is 27.9 Å². The number of imidazole rings is 1. The third kappa shape index (κ3) is 4.59. The minimum atomic E-state index is -0.904. The van der Waals surface area contributed by atoms with Crippen molar-refractivity contribution in [3.05, 3.63) is 155 Å². The van der Waals surface area contributed by atoms with Crippen LogP contribution in [0, 0.1) is 0 Å². The van der Waals surface area contributed by atoms with E-state index in [0.717, 1.165) is 39.9 Å². The normalized spacial score (nSPS) is 11.6. The Balaban J connectivity index is 1.61. The summed E-state index contributed by atoms with van der Waals surface area (Å²) in [5, 5.41) is 14.2. The molecule has 6 aromatic rings. The molecule has 198 valence electrons. The van der Waals surface area contributed by atoms with E-state index in [9.17, 15) is 0 Å². The third-order valence-electron chi connectivity index (χ3n) is 7.21. The molecule has 0 saturated carbocycles. The lowest BCUT2D eigenvalue weighted by atomic mass is 9.77. The average Bonchev–Trinajstić information content (AvgIpc) is 3.66. The fourth-order valence-corrected chi connectivity index (χ4v) is 5.62. The van der Waals surface area contributed by atoms with E-state index in [0.29, 0.717) is 23.9 Å². The Morgan fingerprint density at radius 1 is 0.775 bits per heavy atom. The first-order valence-electron chi connectivity index (χ1n) is 13.1. The predicted octanol–water partition coefficient (Wildman–Crippen LogP) is 5.58. The van der Waals surface area contributed by atoms with E-state index in [1.807, 2.05) is 83.9 Å². The van der Waals surface area contributed by atoms with Crippen LogP contribution >= 0.6 is 11.6 Å². The molecule has 0 unspecified atom stereocenters. The number of nitrogens with zero attached hydrogens (tertiary/aromatic N) is 6. The molecule has 0 spiro atoms. The number of benzene rings is 4. The zero-order chi connectivity index (χ0) is 27.4. The van der Waals surface area contributed by atoms with Gasteiger partial charge in [0.2, 0.25) is 0 Å². The van der Waals surface area contributed by atoms with Crippen molar-refractivity contribution in [1.82, 2.24) is 29.8 Å². The first kappa shape index (κ1) is 25.7. The van der Waals surface area contributed by atoms with Crippen molar-refractivity contribution in [3.8, 4) is 11.4 Å². The van der Waals surface area contributed by atoms with Crippen LogP contribution in [-0.2, 0) is 18.5 Å². The summed E-state index contributed by atoms with van der Waals surface area (Å²) in [5.41, 5.74) is 11.0. The van der Waals surface area contributed by atoms with Crippen LogP contribution in [0.2, 0.25) is 5.02 Å². The van der Waals surface area contributed by atoms with Gasteiger partial charge in [0.1, 0.15) is 5.54 Å². The number of halogens is 1. The number of nitrogens with two attached hydrogens (primary N) is 1. The van der Waals surface area contributed by atoms with Gasteiger partial charge in [-0.25, -0.2) is 9.67 Å². The minimum Gasteiger partial charge on any atom is -0.330 e. The van der Waals surface area contributed by atoms with Gasteiger partial charge in [0.05, 0.1) is 6.33 Å². The molecule has 40 heavy (non-hydrogen) atoms. The van der Waals surface area contributed by atoms with Crippen LogP contribution in [0.15, 0.2) is 122 Å². The van der Waals surface area contributed by atoms with Crippen molar-refractivity contribution in [2.24, 2.45) is 5.73 Å². The second-order valence-electron chi connectivity index (χ2n) is 9.58. The maximum Gasteiger partial charge on any atom is 0.183 e. The Kier molecular flexibility index (Phi) is 7.23. The number of hydrogen-bond donors (Lipinski definition) is 1. The van der Waals surface area contributed by atoms with E-state index in [-0.39, 0.29) is 0 Å². The van der Waals surface area contributed by atoms with Gasteiger partial charge in [0.15, 0.2) is 5.82 Å². The lowest BCUT2D eigenvalue weighted by Gasteiger charge is -2.36. The van der Waals surface area contributed by atoms with Crippen LogP contribution in [0.25, 0.3) is 11.4 Å². The average molecular weight is 546 g/mol. The van der Waals surface area contributed by atoms with Gasteiger partial charge >= 0.3 is 0 Å². The Hall–Kier alpha value is -4.59. The van der Waals surface area contributed by atoms with Crippen LogP contribution in [-0.4, -0.2) is 36.3 Å². The van der Waals surface area contributed by atoms with Crippen molar-refractivity contribution < 1.29 is 0 Å². The van der Waals surface area contributed by atoms with Crippen molar-refractivity contribution >= 4 is 11.6 Å². The highest BCUT2D eigenvalue weighted by atomic mass is 35.5. The van der Waals surface area contributed by atoms with Crippen molar-refractivity contribution in [1.29, 1.82) is 0 Å². The second-order valence-corrected chi connectivity index (χ2v) is 10.0. The summed E-state index contributed by atoms with van der Waals surface area (Å²) < 4.78 is 4.05. The Morgan fingerprint density at radius 3 is 2.15 bits per heavy atom. The Labute approximate surface area is 237 Å². The molecule has 2 heterocycles. The van der Waals surface area contributed by atoms with Gasteiger partial charge in [0, 0.05) is 35.4 Å². The smallest absolute Gasteiger partial charge is 0.183 e. The quantitative estimate of drug-likeness (QED) is 0.240. The molecule has 0 saturated heterocycles. The second kappa shape index (κ2) is 11.3. The Bertz CT molecular complexity index is 1670. The molecule has 0 amide bonds. The zero-order valence-electron chi connectivity index (χ0n) is 21.8. The molecule has 6 rings (SSSR count). The summed E-state index contributed by atoms with van der Waals surface area (Å²) in [6.07, 6.45) is 4.46. The van der Waals surface area contributed by atoms with Crippen LogP contribution < -0.4 is 5.73 Å². The first-order valence-corrected chi connectivity index (χ1v) is 13.5. The van der Waals surface area contributed by atoms with Crippen LogP contribution in [0.4, 0.5) is 0 Å². The molecule has 2 aromatic heterocycles. The van der Waals surface area contributed by atoms with Crippen molar-refractivity contribution in [3.63, 3.8) is 0 Å². The monoisotopic (exact) mass is 545 g/mol. The summed E-state index contributed by atoms with van der Waals surface area (Å²) in [6, 6.07) is 36.7. The lowest BCUT2D eigenvalue weighted by Crippen LogP contribution is -2.39. The van der Waals surface area contributed by atoms with E-state index in [1.165, 1.54) is 0 Å². The standard InChI is InChI=1S/C32H28ClN7/c33-28-16-9-15-27(20-28)32(25-11-3-1-4-12-25,26-13-5-2-6-14-26)40-31(36-37-38-40)30-17-8-7-10-24(30)22-39-23-35-21-29(39)18-19-34/h1-17,20-21,23H,18-19,22,34H2. The predicted molar refractivity (Wildman–Crippen MR) is 157 cm³/mol. The molecule has 0 aliphatic heterocycles. The van der Waals surface area contributed by atoms with E-state index >= 15 is 0 Å². The van der Waals surface area contributed by atoms with Gasteiger partial charge in [0.25, 0.3) is 0 Å². The first-order chi connectivity index (χ1) is 19.7. The van der Waals surface area contributed by atoms with Gasteiger partial charge < -0.3 is 10.3 Å². The fraction of sp³-hybridized carbons (Fsp3) is 0.125.